The summed E-state index contributed by atoms with van der Waals surface area (Å²) in [6.07, 6.45) is 3.26. The number of hydrogen-bond acceptors (Lipinski definition) is 6. The molecular weight excluding hydrogens is 437 g/mol. The first-order valence-electron chi connectivity index (χ1n) is 9.33. The Morgan fingerprint density at radius 2 is 2.13 bits per heavy atom. The quantitative estimate of drug-likeness (QED) is 0.483. The van der Waals surface area contributed by atoms with Crippen molar-refractivity contribution in [3.63, 3.8) is 0 Å². The van der Waals surface area contributed by atoms with Crippen LogP contribution in [0.4, 0.5) is 10.1 Å². The predicted octanol–water partition coefficient (Wildman–Crippen LogP) is 3.79. The van der Waals surface area contributed by atoms with Crippen LogP contribution in [-0.4, -0.2) is 27.7 Å². The number of ether oxygens (including phenoxy) is 1. The fourth-order valence-corrected chi connectivity index (χ4v) is 4.57. The largest absolute Gasteiger partial charge is 0.478 e. The molecule has 0 unspecified atom stereocenters. The molecule has 3 heterocycles. The van der Waals surface area contributed by atoms with Gasteiger partial charge in [-0.3, -0.25) is 14.6 Å². The first kappa shape index (κ1) is 19.7. The van der Waals surface area contributed by atoms with E-state index in [1.54, 1.807) is 18.3 Å². The molecule has 0 radical (unpaired) electrons. The minimum Gasteiger partial charge on any atom is -0.478 e. The van der Waals surface area contributed by atoms with Crippen LogP contribution in [0.5, 0.6) is 5.75 Å². The van der Waals surface area contributed by atoms with Crippen LogP contribution in [0.1, 0.15) is 11.1 Å². The Kier molecular flexibility index (Phi) is 4.91. The van der Waals surface area contributed by atoms with Gasteiger partial charge in [0.25, 0.3) is 11.8 Å². The fraction of sp³-hybridized carbons (Fsp3) is 0.0909. The topological polar surface area (TPSA) is 71.5 Å². The highest BCUT2D eigenvalue weighted by molar-refractivity contribution is 8.26. The smallest absolute Gasteiger partial charge is 0.265 e. The van der Waals surface area contributed by atoms with Gasteiger partial charge in [-0.05, 0) is 47.5 Å². The Bertz CT molecular complexity index is 1310. The van der Waals surface area contributed by atoms with Gasteiger partial charge in [-0.15, -0.1) is 0 Å². The van der Waals surface area contributed by atoms with Gasteiger partial charge in [0.2, 0.25) is 0 Å². The maximum absolute atomic E-state index is 14.8. The second-order valence-corrected chi connectivity index (χ2v) is 8.72. The van der Waals surface area contributed by atoms with Crippen molar-refractivity contribution >= 4 is 62.8 Å². The summed E-state index contributed by atoms with van der Waals surface area (Å²) < 4.78 is 20.5. The highest BCUT2D eigenvalue weighted by Gasteiger charge is 2.29. The molecular formula is C22H14FN3O3S2. The van der Waals surface area contributed by atoms with Gasteiger partial charge in [0.15, 0.2) is 18.2 Å². The standard InChI is InChI=1S/C22H14FN3O3S2/c23-15-7-13(9-18-21(28)25-22(30)31-18)8-17-20(15)29-11-19(27)26(17)10-12-3-4-16-14(6-12)2-1-5-24-16/h1-9H,10-11H2,(H,25,28,30)/b18-9-. The lowest BCUT2D eigenvalue weighted by molar-refractivity contribution is -0.121. The number of rotatable bonds is 3. The molecule has 3 aromatic rings. The van der Waals surface area contributed by atoms with Gasteiger partial charge in [0.1, 0.15) is 4.32 Å². The molecule has 31 heavy (non-hydrogen) atoms. The van der Waals surface area contributed by atoms with E-state index in [9.17, 15) is 14.0 Å². The summed E-state index contributed by atoms with van der Waals surface area (Å²) in [5, 5.41) is 3.48. The summed E-state index contributed by atoms with van der Waals surface area (Å²) in [7, 11) is 0. The summed E-state index contributed by atoms with van der Waals surface area (Å²) in [4.78, 5) is 30.8. The maximum atomic E-state index is 14.8. The number of halogens is 1. The zero-order valence-corrected chi connectivity index (χ0v) is 17.6. The zero-order chi connectivity index (χ0) is 21.5. The Labute approximate surface area is 186 Å². The average Bonchev–Trinajstić information content (AvgIpc) is 3.06. The summed E-state index contributed by atoms with van der Waals surface area (Å²) >= 11 is 6.10. The summed E-state index contributed by atoms with van der Waals surface area (Å²) in [6, 6.07) is 12.4. The number of aromatic nitrogens is 1. The number of nitrogens with zero attached hydrogens (tertiary/aromatic N) is 2. The number of anilines is 1. The molecule has 5 rings (SSSR count). The monoisotopic (exact) mass is 451 g/mol. The number of amides is 2. The highest BCUT2D eigenvalue weighted by atomic mass is 32.2. The molecule has 1 saturated heterocycles. The number of thioether (sulfide) groups is 1. The lowest BCUT2D eigenvalue weighted by Gasteiger charge is -2.30. The van der Waals surface area contributed by atoms with E-state index in [2.05, 4.69) is 10.3 Å². The minimum absolute atomic E-state index is 0.0169. The summed E-state index contributed by atoms with van der Waals surface area (Å²) in [5.41, 5.74) is 2.48. The number of thiocarbonyl (C=S) groups is 1. The number of nitrogens with one attached hydrogen (secondary N) is 1. The second-order valence-electron chi connectivity index (χ2n) is 7.00. The molecule has 0 spiro atoms. The van der Waals surface area contributed by atoms with Gasteiger partial charge in [-0.2, -0.15) is 0 Å². The molecule has 1 N–H and O–H groups in total. The van der Waals surface area contributed by atoms with Crippen LogP contribution < -0.4 is 15.0 Å². The molecule has 1 aromatic heterocycles. The van der Waals surface area contributed by atoms with Crippen LogP contribution in [0.25, 0.3) is 17.0 Å². The Hall–Kier alpha value is -3.30. The minimum atomic E-state index is -0.601. The van der Waals surface area contributed by atoms with Crippen LogP contribution in [-0.2, 0) is 16.1 Å². The van der Waals surface area contributed by atoms with E-state index in [0.717, 1.165) is 28.2 Å². The Morgan fingerprint density at radius 1 is 1.26 bits per heavy atom. The Morgan fingerprint density at radius 3 is 2.94 bits per heavy atom. The normalized spacial score (nSPS) is 17.1. The Balaban J connectivity index is 1.53. The lowest BCUT2D eigenvalue weighted by atomic mass is 10.1. The molecule has 9 heteroatoms. The van der Waals surface area contributed by atoms with Crippen molar-refractivity contribution in [1.29, 1.82) is 0 Å². The molecule has 0 atom stereocenters. The third kappa shape index (κ3) is 3.77. The molecule has 0 saturated carbocycles. The number of carbonyl (C=O) groups is 2. The molecule has 1 fully saturated rings. The van der Waals surface area contributed by atoms with Crippen molar-refractivity contribution < 1.29 is 18.7 Å². The number of carbonyl (C=O) groups excluding carboxylic acids is 2. The average molecular weight is 452 g/mol. The third-order valence-corrected chi connectivity index (χ3v) is 6.09. The van der Waals surface area contributed by atoms with Gasteiger partial charge in [-0.1, -0.05) is 36.1 Å². The van der Waals surface area contributed by atoms with E-state index in [1.807, 2.05) is 30.3 Å². The number of fused-ring (bicyclic) bond motifs is 2. The maximum Gasteiger partial charge on any atom is 0.265 e. The first-order valence-corrected chi connectivity index (χ1v) is 10.6. The number of pyridine rings is 1. The van der Waals surface area contributed by atoms with Crippen molar-refractivity contribution in [2.45, 2.75) is 6.54 Å². The molecule has 0 aliphatic carbocycles. The third-order valence-electron chi connectivity index (χ3n) is 4.93. The van der Waals surface area contributed by atoms with E-state index < -0.39 is 5.82 Å². The molecule has 2 aliphatic rings. The first-order chi connectivity index (χ1) is 15.0. The van der Waals surface area contributed by atoms with Gasteiger partial charge >= 0.3 is 0 Å². The molecule has 2 aliphatic heterocycles. The van der Waals surface area contributed by atoms with E-state index in [1.165, 1.54) is 11.0 Å². The number of benzene rings is 2. The van der Waals surface area contributed by atoms with E-state index in [4.69, 9.17) is 17.0 Å². The van der Waals surface area contributed by atoms with Crippen LogP contribution in [0.3, 0.4) is 0 Å². The van der Waals surface area contributed by atoms with E-state index >= 15 is 0 Å². The van der Waals surface area contributed by atoms with Crippen molar-refractivity contribution in [2.75, 3.05) is 11.5 Å². The lowest BCUT2D eigenvalue weighted by Crippen LogP contribution is -2.38. The second kappa shape index (κ2) is 7.75. The molecule has 6 nitrogen and oxygen atoms in total. The highest BCUT2D eigenvalue weighted by Crippen LogP contribution is 2.38. The molecule has 154 valence electrons. The zero-order valence-electron chi connectivity index (χ0n) is 15.9. The molecule has 2 amide bonds. The number of hydrogen-bond donors (Lipinski definition) is 1. The fourth-order valence-electron chi connectivity index (χ4n) is 3.52. The van der Waals surface area contributed by atoms with Crippen LogP contribution in [0.2, 0.25) is 0 Å². The van der Waals surface area contributed by atoms with E-state index in [0.29, 0.717) is 20.5 Å². The van der Waals surface area contributed by atoms with Crippen molar-refractivity contribution in [1.82, 2.24) is 10.3 Å². The summed E-state index contributed by atoms with van der Waals surface area (Å²) in [6.45, 7) is 0.00480. The van der Waals surface area contributed by atoms with Gasteiger partial charge in [-0.25, -0.2) is 4.39 Å². The van der Waals surface area contributed by atoms with Crippen LogP contribution >= 0.6 is 24.0 Å². The predicted molar refractivity (Wildman–Crippen MR) is 121 cm³/mol. The SMILES string of the molecule is O=C1NC(=S)S/C1=C\c1cc(F)c2c(c1)N(Cc1ccc3ncccc3c1)C(=O)CO2. The summed E-state index contributed by atoms with van der Waals surface area (Å²) in [5.74, 6) is -1.20. The van der Waals surface area contributed by atoms with Gasteiger partial charge in [0, 0.05) is 11.6 Å². The van der Waals surface area contributed by atoms with Crippen molar-refractivity contribution in [3.8, 4) is 5.75 Å². The van der Waals surface area contributed by atoms with Crippen LogP contribution in [0.15, 0.2) is 53.6 Å². The van der Waals surface area contributed by atoms with Crippen molar-refractivity contribution in [2.24, 2.45) is 0 Å². The van der Waals surface area contributed by atoms with Gasteiger partial charge in [0.05, 0.1) is 22.7 Å². The van der Waals surface area contributed by atoms with Crippen molar-refractivity contribution in [3.05, 3.63) is 70.5 Å². The molecule has 2 aromatic carbocycles. The van der Waals surface area contributed by atoms with Crippen LogP contribution in [0, 0.1) is 5.82 Å². The molecule has 0 bridgehead atoms. The van der Waals surface area contributed by atoms with E-state index in [-0.39, 0.29) is 30.7 Å². The van der Waals surface area contributed by atoms with Gasteiger partial charge < -0.3 is 15.0 Å².